The number of hydrogen-bond donors (Lipinski definition) is 2. The van der Waals surface area contributed by atoms with E-state index in [1.165, 1.54) is 0 Å². The molecule has 1 atom stereocenters. The van der Waals surface area contributed by atoms with Crippen LogP contribution in [-0.2, 0) is 0 Å². The third-order valence-electron chi connectivity index (χ3n) is 1.69. The molecule has 0 spiro atoms. The lowest BCUT2D eigenvalue weighted by Crippen LogP contribution is -2.22. The van der Waals surface area contributed by atoms with E-state index < -0.39 is 23.5 Å². The standard InChI is InChI=1S/C8H9F3N2.ClH/c9-5-2-7(11)6(10)1-4(5)8(13)3-12;/h1-2,8H,3,12-13H2;1H/t8-;/m0./s1. The van der Waals surface area contributed by atoms with E-state index in [0.29, 0.717) is 6.07 Å². The molecule has 2 nitrogen and oxygen atoms in total. The smallest absolute Gasteiger partial charge is 0.161 e. The van der Waals surface area contributed by atoms with Gasteiger partial charge in [-0.15, -0.1) is 12.4 Å². The Balaban J connectivity index is 0.00000169. The maximum atomic E-state index is 12.9. The normalized spacial score (nSPS) is 12.1. The molecule has 0 aromatic heterocycles. The molecular weight excluding hydrogens is 217 g/mol. The van der Waals surface area contributed by atoms with E-state index in [2.05, 4.69) is 0 Å². The summed E-state index contributed by atoms with van der Waals surface area (Å²) in [5.41, 5.74) is 10.4. The van der Waals surface area contributed by atoms with Gasteiger partial charge in [-0.1, -0.05) is 0 Å². The fourth-order valence-corrected chi connectivity index (χ4v) is 0.949. The fraction of sp³-hybridized carbons (Fsp3) is 0.250. The van der Waals surface area contributed by atoms with Crippen LogP contribution in [0.5, 0.6) is 0 Å². The highest BCUT2D eigenvalue weighted by Crippen LogP contribution is 2.18. The first-order valence-corrected chi connectivity index (χ1v) is 3.66. The summed E-state index contributed by atoms with van der Waals surface area (Å²) < 4.78 is 38.0. The summed E-state index contributed by atoms with van der Waals surface area (Å²) >= 11 is 0. The summed E-state index contributed by atoms with van der Waals surface area (Å²) in [6.07, 6.45) is 0. The van der Waals surface area contributed by atoms with Crippen molar-refractivity contribution in [2.75, 3.05) is 6.54 Å². The van der Waals surface area contributed by atoms with E-state index >= 15 is 0 Å². The Morgan fingerprint density at radius 1 is 1.07 bits per heavy atom. The molecule has 0 saturated heterocycles. The average molecular weight is 227 g/mol. The predicted molar refractivity (Wildman–Crippen MR) is 49.5 cm³/mol. The van der Waals surface area contributed by atoms with Gasteiger partial charge in [0.05, 0.1) is 0 Å². The van der Waals surface area contributed by atoms with Gasteiger partial charge >= 0.3 is 0 Å². The highest BCUT2D eigenvalue weighted by molar-refractivity contribution is 5.85. The van der Waals surface area contributed by atoms with Crippen molar-refractivity contribution in [3.63, 3.8) is 0 Å². The van der Waals surface area contributed by atoms with Crippen LogP contribution in [-0.4, -0.2) is 6.54 Å². The molecule has 1 aromatic rings. The first-order chi connectivity index (χ1) is 6.06. The van der Waals surface area contributed by atoms with Gasteiger partial charge in [0.15, 0.2) is 11.6 Å². The zero-order chi connectivity index (χ0) is 10.0. The summed E-state index contributed by atoms with van der Waals surface area (Å²) in [6.45, 7) is -0.0258. The lowest BCUT2D eigenvalue weighted by molar-refractivity contribution is 0.485. The minimum absolute atomic E-state index is 0. The van der Waals surface area contributed by atoms with Crippen LogP contribution >= 0.6 is 12.4 Å². The highest BCUT2D eigenvalue weighted by atomic mass is 35.5. The maximum Gasteiger partial charge on any atom is 0.161 e. The fourth-order valence-electron chi connectivity index (χ4n) is 0.949. The van der Waals surface area contributed by atoms with Crippen molar-refractivity contribution < 1.29 is 13.2 Å². The monoisotopic (exact) mass is 226 g/mol. The van der Waals surface area contributed by atoms with Crippen LogP contribution in [0.15, 0.2) is 12.1 Å². The number of nitrogens with two attached hydrogens (primary N) is 2. The second-order valence-corrected chi connectivity index (χ2v) is 2.63. The molecule has 80 valence electrons. The Morgan fingerprint density at radius 2 is 1.57 bits per heavy atom. The molecule has 14 heavy (non-hydrogen) atoms. The Morgan fingerprint density at radius 3 is 2.07 bits per heavy atom. The van der Waals surface area contributed by atoms with Crippen molar-refractivity contribution in [1.29, 1.82) is 0 Å². The molecule has 0 saturated carbocycles. The molecule has 0 radical (unpaired) electrons. The zero-order valence-electron chi connectivity index (χ0n) is 7.14. The molecule has 0 unspecified atom stereocenters. The Bertz CT molecular complexity index is 320. The molecule has 4 N–H and O–H groups in total. The summed E-state index contributed by atoms with van der Waals surface area (Å²) in [5.74, 6) is -3.23. The van der Waals surface area contributed by atoms with Crippen LogP contribution < -0.4 is 11.5 Å². The van der Waals surface area contributed by atoms with Gasteiger partial charge in [0, 0.05) is 24.2 Å². The van der Waals surface area contributed by atoms with Gasteiger partial charge in [-0.3, -0.25) is 0 Å². The SMILES string of the molecule is Cl.NC[C@H](N)c1cc(F)c(F)cc1F. The summed E-state index contributed by atoms with van der Waals surface area (Å²) in [6, 6.07) is 0.373. The first-order valence-electron chi connectivity index (χ1n) is 3.66. The predicted octanol–water partition coefficient (Wildman–Crippen LogP) is 1.48. The van der Waals surface area contributed by atoms with E-state index in [4.69, 9.17) is 11.5 Å². The van der Waals surface area contributed by atoms with Crippen molar-refractivity contribution in [2.45, 2.75) is 6.04 Å². The summed E-state index contributed by atoms with van der Waals surface area (Å²) in [5, 5.41) is 0. The number of rotatable bonds is 2. The second kappa shape index (κ2) is 5.19. The van der Waals surface area contributed by atoms with Crippen molar-refractivity contribution in [1.82, 2.24) is 0 Å². The molecule has 0 amide bonds. The minimum atomic E-state index is -1.23. The van der Waals surface area contributed by atoms with Gasteiger partial charge in [0.1, 0.15) is 5.82 Å². The molecule has 0 fully saturated rings. The molecule has 1 aromatic carbocycles. The number of hydrogen-bond acceptors (Lipinski definition) is 2. The molecule has 6 heteroatoms. The molecule has 0 heterocycles. The average Bonchev–Trinajstić information content (AvgIpc) is 2.10. The topological polar surface area (TPSA) is 52.0 Å². The van der Waals surface area contributed by atoms with Crippen LogP contribution in [0.25, 0.3) is 0 Å². The van der Waals surface area contributed by atoms with Crippen molar-refractivity contribution in [3.05, 3.63) is 35.1 Å². The van der Waals surface area contributed by atoms with Crippen LogP contribution in [0.3, 0.4) is 0 Å². The molecule has 0 aliphatic heterocycles. The van der Waals surface area contributed by atoms with Gasteiger partial charge in [-0.25, -0.2) is 13.2 Å². The quantitative estimate of drug-likeness (QED) is 0.751. The van der Waals surface area contributed by atoms with E-state index in [-0.39, 0.29) is 24.5 Å². The molecule has 0 bridgehead atoms. The Labute approximate surface area is 85.5 Å². The second-order valence-electron chi connectivity index (χ2n) is 2.63. The van der Waals surface area contributed by atoms with Gasteiger partial charge in [-0.05, 0) is 6.07 Å². The van der Waals surface area contributed by atoms with Crippen LogP contribution in [0.4, 0.5) is 13.2 Å². The van der Waals surface area contributed by atoms with Crippen molar-refractivity contribution in [3.8, 4) is 0 Å². The van der Waals surface area contributed by atoms with Gasteiger partial charge in [0.25, 0.3) is 0 Å². The first kappa shape index (κ1) is 13.2. The summed E-state index contributed by atoms with van der Waals surface area (Å²) in [4.78, 5) is 0. The van der Waals surface area contributed by atoms with Crippen LogP contribution in [0.1, 0.15) is 11.6 Å². The zero-order valence-corrected chi connectivity index (χ0v) is 7.95. The van der Waals surface area contributed by atoms with E-state index in [0.717, 1.165) is 6.07 Å². The van der Waals surface area contributed by atoms with Crippen molar-refractivity contribution >= 4 is 12.4 Å². The van der Waals surface area contributed by atoms with E-state index in [1.54, 1.807) is 0 Å². The van der Waals surface area contributed by atoms with E-state index in [1.807, 2.05) is 0 Å². The number of halogens is 4. The third kappa shape index (κ3) is 2.60. The lowest BCUT2D eigenvalue weighted by atomic mass is 10.1. The minimum Gasteiger partial charge on any atom is -0.329 e. The Kier molecular flexibility index (Phi) is 4.90. The summed E-state index contributed by atoms with van der Waals surface area (Å²) in [7, 11) is 0. The van der Waals surface area contributed by atoms with E-state index in [9.17, 15) is 13.2 Å². The van der Waals surface area contributed by atoms with Gasteiger partial charge < -0.3 is 11.5 Å². The molecule has 0 aliphatic rings. The Hall–Kier alpha value is -0.780. The third-order valence-corrected chi connectivity index (χ3v) is 1.69. The number of benzene rings is 1. The largest absolute Gasteiger partial charge is 0.329 e. The molecule has 0 aliphatic carbocycles. The van der Waals surface area contributed by atoms with Gasteiger partial charge in [0.2, 0.25) is 0 Å². The maximum absolute atomic E-state index is 12.9. The molecule has 1 rings (SSSR count). The van der Waals surface area contributed by atoms with Crippen LogP contribution in [0.2, 0.25) is 0 Å². The highest BCUT2D eigenvalue weighted by Gasteiger charge is 2.14. The van der Waals surface area contributed by atoms with Gasteiger partial charge in [-0.2, -0.15) is 0 Å². The van der Waals surface area contributed by atoms with Crippen LogP contribution in [0, 0.1) is 17.5 Å². The van der Waals surface area contributed by atoms with Crippen molar-refractivity contribution in [2.24, 2.45) is 11.5 Å². The molecular formula is C8H10ClF3N2. The lowest BCUT2D eigenvalue weighted by Gasteiger charge is -2.10.